The van der Waals surface area contributed by atoms with Crippen molar-refractivity contribution in [2.24, 2.45) is 5.92 Å². The topological polar surface area (TPSA) is 61.3 Å². The summed E-state index contributed by atoms with van der Waals surface area (Å²) in [6.07, 6.45) is 11.5. The van der Waals surface area contributed by atoms with Crippen LogP contribution in [0.25, 0.3) is 11.6 Å². The molecule has 164 valence electrons. The van der Waals surface area contributed by atoms with Gasteiger partial charge < -0.3 is 10.4 Å². The van der Waals surface area contributed by atoms with E-state index in [1.54, 1.807) is 0 Å². The number of nitrogens with one attached hydrogen (secondary N) is 1. The molecule has 0 radical (unpaired) electrons. The number of fused-ring (bicyclic) bond motifs is 1. The standard InChI is InChI=1S/C26H34N4O/c1-17-12-21(13-18(2)28-17)22-14-20-6-9-27-16-24(20)26(3,15-22)29-23-7-10-30(11-8-23)25(31)19-4-5-19/h6,9,12-14,16,19,23,25,29,31H,4-5,7-8,10-11,15H2,1-3H3. The summed E-state index contributed by atoms with van der Waals surface area (Å²) in [6, 6.07) is 6.97. The Bertz CT molecular complexity index is 970. The van der Waals surface area contributed by atoms with Gasteiger partial charge in [0.05, 0.1) is 0 Å². The number of pyridine rings is 2. The number of aliphatic hydroxyl groups excluding tert-OH is 1. The summed E-state index contributed by atoms with van der Waals surface area (Å²) in [5, 5.41) is 14.5. The first-order chi connectivity index (χ1) is 14.9. The number of piperidine rings is 1. The van der Waals surface area contributed by atoms with Crippen LogP contribution >= 0.6 is 0 Å². The Morgan fingerprint density at radius 1 is 1.13 bits per heavy atom. The van der Waals surface area contributed by atoms with Crippen molar-refractivity contribution in [2.75, 3.05) is 13.1 Å². The van der Waals surface area contributed by atoms with Gasteiger partial charge >= 0.3 is 0 Å². The van der Waals surface area contributed by atoms with Gasteiger partial charge in [-0.15, -0.1) is 0 Å². The van der Waals surface area contributed by atoms with Gasteiger partial charge in [-0.3, -0.25) is 14.9 Å². The van der Waals surface area contributed by atoms with E-state index in [0.29, 0.717) is 12.0 Å². The van der Waals surface area contributed by atoms with Crippen molar-refractivity contribution in [1.82, 2.24) is 20.2 Å². The number of aryl methyl sites for hydroxylation is 2. The summed E-state index contributed by atoms with van der Waals surface area (Å²) < 4.78 is 0. The number of hydrogen-bond donors (Lipinski definition) is 2. The molecule has 2 fully saturated rings. The van der Waals surface area contributed by atoms with E-state index in [2.05, 4.69) is 65.2 Å². The van der Waals surface area contributed by atoms with Crippen LogP contribution in [0, 0.1) is 19.8 Å². The first-order valence-electron chi connectivity index (χ1n) is 11.7. The largest absolute Gasteiger partial charge is 0.378 e. The fourth-order valence-electron chi connectivity index (χ4n) is 5.49. The maximum Gasteiger partial charge on any atom is 0.110 e. The molecule has 2 aromatic rings. The highest BCUT2D eigenvalue weighted by Gasteiger charge is 2.39. The minimum atomic E-state index is -0.233. The van der Waals surface area contributed by atoms with Crippen molar-refractivity contribution < 1.29 is 5.11 Å². The summed E-state index contributed by atoms with van der Waals surface area (Å²) in [4.78, 5) is 11.3. The lowest BCUT2D eigenvalue weighted by atomic mass is 9.76. The predicted molar refractivity (Wildman–Crippen MR) is 124 cm³/mol. The van der Waals surface area contributed by atoms with Crippen LogP contribution < -0.4 is 5.32 Å². The normalized spacial score (nSPS) is 25.7. The number of aliphatic hydroxyl groups is 1. The summed E-state index contributed by atoms with van der Waals surface area (Å²) in [5.41, 5.74) is 7.11. The Labute approximate surface area is 185 Å². The maximum absolute atomic E-state index is 10.5. The van der Waals surface area contributed by atoms with E-state index in [1.165, 1.54) is 35.1 Å². The summed E-state index contributed by atoms with van der Waals surface area (Å²) >= 11 is 0. The fraction of sp³-hybridized carbons (Fsp3) is 0.538. The highest BCUT2D eigenvalue weighted by molar-refractivity contribution is 5.85. The van der Waals surface area contributed by atoms with Crippen LogP contribution in [0.1, 0.15) is 67.1 Å². The van der Waals surface area contributed by atoms with Crippen molar-refractivity contribution >= 4 is 11.6 Å². The van der Waals surface area contributed by atoms with E-state index in [9.17, 15) is 5.11 Å². The number of aromatic nitrogens is 2. The zero-order valence-electron chi connectivity index (χ0n) is 18.9. The Balaban J connectivity index is 1.37. The van der Waals surface area contributed by atoms with Crippen LogP contribution in [0.4, 0.5) is 0 Å². The van der Waals surface area contributed by atoms with Crippen molar-refractivity contribution in [3.63, 3.8) is 0 Å². The second-order valence-electron chi connectivity index (χ2n) is 9.99. The monoisotopic (exact) mass is 418 g/mol. The van der Waals surface area contributed by atoms with E-state index >= 15 is 0 Å². The second kappa shape index (κ2) is 8.12. The first-order valence-corrected chi connectivity index (χ1v) is 11.7. The van der Waals surface area contributed by atoms with Crippen molar-refractivity contribution in [3.05, 3.63) is 58.7 Å². The summed E-state index contributed by atoms with van der Waals surface area (Å²) in [7, 11) is 0. The molecule has 1 aliphatic heterocycles. The number of hydrogen-bond acceptors (Lipinski definition) is 5. The highest BCUT2D eigenvalue weighted by Crippen LogP contribution is 2.41. The van der Waals surface area contributed by atoms with Gasteiger partial charge in [-0.25, -0.2) is 0 Å². The molecule has 2 unspecified atom stereocenters. The van der Waals surface area contributed by atoms with Crippen LogP contribution in [0.2, 0.25) is 0 Å². The molecule has 1 saturated heterocycles. The zero-order chi connectivity index (χ0) is 21.6. The Kier molecular flexibility index (Phi) is 5.45. The third-order valence-electron chi connectivity index (χ3n) is 7.25. The highest BCUT2D eigenvalue weighted by atomic mass is 16.3. The van der Waals surface area contributed by atoms with E-state index in [0.717, 1.165) is 43.7 Å². The smallest absolute Gasteiger partial charge is 0.110 e. The van der Waals surface area contributed by atoms with Gasteiger partial charge in [0.1, 0.15) is 6.23 Å². The fourth-order valence-corrected chi connectivity index (χ4v) is 5.49. The number of nitrogens with zero attached hydrogens (tertiary/aromatic N) is 3. The quantitative estimate of drug-likeness (QED) is 0.768. The lowest BCUT2D eigenvalue weighted by Gasteiger charge is -2.43. The lowest BCUT2D eigenvalue weighted by Crippen LogP contribution is -2.53. The molecule has 0 bridgehead atoms. The molecule has 2 atom stereocenters. The van der Waals surface area contributed by atoms with Gasteiger partial charge in [-0.05, 0) is 99.3 Å². The first kappa shape index (κ1) is 20.8. The second-order valence-corrected chi connectivity index (χ2v) is 9.99. The third-order valence-corrected chi connectivity index (χ3v) is 7.25. The molecule has 0 amide bonds. The minimum absolute atomic E-state index is 0.166. The van der Waals surface area contributed by atoms with E-state index < -0.39 is 0 Å². The van der Waals surface area contributed by atoms with Gasteiger partial charge in [-0.1, -0.05) is 6.08 Å². The average molecular weight is 419 g/mol. The van der Waals surface area contributed by atoms with Crippen LogP contribution in [0.5, 0.6) is 0 Å². The molecule has 5 nitrogen and oxygen atoms in total. The Morgan fingerprint density at radius 2 is 1.84 bits per heavy atom. The molecule has 5 rings (SSSR count). The molecule has 5 heteroatoms. The van der Waals surface area contributed by atoms with E-state index in [1.807, 2.05) is 12.4 Å². The molecule has 3 aliphatic rings. The number of likely N-dealkylation sites (tertiary alicyclic amines) is 1. The Morgan fingerprint density at radius 3 is 2.52 bits per heavy atom. The van der Waals surface area contributed by atoms with E-state index in [-0.39, 0.29) is 11.8 Å². The van der Waals surface area contributed by atoms with Crippen LogP contribution in [0.15, 0.2) is 30.6 Å². The maximum atomic E-state index is 10.5. The molecule has 0 aromatic carbocycles. The molecule has 2 N–H and O–H groups in total. The van der Waals surface area contributed by atoms with Gasteiger partial charge in [0.2, 0.25) is 0 Å². The molecule has 31 heavy (non-hydrogen) atoms. The molecular formula is C26H34N4O. The summed E-state index contributed by atoms with van der Waals surface area (Å²) in [5.74, 6) is 0.512. The molecule has 0 spiro atoms. The molecule has 2 aromatic heterocycles. The molecule has 3 heterocycles. The molecule has 2 aliphatic carbocycles. The van der Waals surface area contributed by atoms with Crippen LogP contribution in [0.3, 0.4) is 0 Å². The van der Waals surface area contributed by atoms with Gasteiger partial charge in [0.25, 0.3) is 0 Å². The van der Waals surface area contributed by atoms with Crippen LogP contribution in [-0.2, 0) is 5.54 Å². The molecular weight excluding hydrogens is 384 g/mol. The van der Waals surface area contributed by atoms with Crippen molar-refractivity contribution in [3.8, 4) is 0 Å². The summed E-state index contributed by atoms with van der Waals surface area (Å²) in [6.45, 7) is 8.40. The van der Waals surface area contributed by atoms with Crippen LogP contribution in [-0.4, -0.2) is 45.3 Å². The molecule has 1 saturated carbocycles. The Hall–Kier alpha value is -2.08. The third kappa shape index (κ3) is 4.32. The van der Waals surface area contributed by atoms with Gasteiger partial charge in [-0.2, -0.15) is 0 Å². The van der Waals surface area contributed by atoms with Gasteiger partial charge in [0, 0.05) is 48.5 Å². The van der Waals surface area contributed by atoms with Crippen molar-refractivity contribution in [2.45, 2.75) is 70.7 Å². The zero-order valence-corrected chi connectivity index (χ0v) is 18.9. The lowest BCUT2D eigenvalue weighted by molar-refractivity contribution is -0.0294. The predicted octanol–water partition coefficient (Wildman–Crippen LogP) is 4.04. The van der Waals surface area contributed by atoms with Gasteiger partial charge in [0.15, 0.2) is 0 Å². The van der Waals surface area contributed by atoms with E-state index in [4.69, 9.17) is 0 Å². The number of rotatable bonds is 5. The van der Waals surface area contributed by atoms with Crippen molar-refractivity contribution in [1.29, 1.82) is 0 Å². The minimum Gasteiger partial charge on any atom is -0.378 e. The SMILES string of the molecule is Cc1cc(C2=Cc3ccncc3C(C)(NC3CCN(C(O)C4CC4)CC3)C2)cc(C)n1. The average Bonchev–Trinajstić information content (AvgIpc) is 3.58.